The van der Waals surface area contributed by atoms with Gasteiger partial charge in [0.05, 0.1) is 0 Å². The summed E-state index contributed by atoms with van der Waals surface area (Å²) >= 11 is 3.57. The van der Waals surface area contributed by atoms with E-state index in [0.29, 0.717) is 0 Å². The molecule has 3 nitrogen and oxygen atoms in total. The Bertz CT molecular complexity index is 473. The van der Waals surface area contributed by atoms with Crippen molar-refractivity contribution in [1.29, 1.82) is 0 Å². The van der Waals surface area contributed by atoms with E-state index in [1.807, 2.05) is 31.6 Å². The molecule has 1 aromatic carbocycles. The van der Waals surface area contributed by atoms with E-state index in [-0.39, 0.29) is 6.04 Å². The maximum atomic E-state index is 4.05. The van der Waals surface area contributed by atoms with E-state index in [4.69, 9.17) is 0 Å². The van der Waals surface area contributed by atoms with Crippen LogP contribution in [0.4, 0.5) is 0 Å². The minimum absolute atomic E-state index is 0.231. The Morgan fingerprint density at radius 1 is 1.24 bits per heavy atom. The number of nitrogens with one attached hydrogen (secondary N) is 1. The molecule has 1 N–H and O–H groups in total. The highest BCUT2D eigenvalue weighted by molar-refractivity contribution is 9.10. The van der Waals surface area contributed by atoms with Crippen LogP contribution in [0, 0.1) is 0 Å². The van der Waals surface area contributed by atoms with E-state index < -0.39 is 0 Å². The summed E-state index contributed by atoms with van der Waals surface area (Å²) in [5, 5.41) is 3.29. The lowest BCUT2D eigenvalue weighted by Crippen LogP contribution is -2.19. The van der Waals surface area contributed by atoms with Crippen LogP contribution in [0.5, 0.6) is 0 Å². The molecule has 0 amide bonds. The molecule has 2 aromatic rings. The fraction of sp³-hybridized carbons (Fsp3) is 0.231. The van der Waals surface area contributed by atoms with Crippen molar-refractivity contribution in [3.05, 3.63) is 58.6 Å². The standard InChI is InChI=1S/C13H14BrN3/c1-15-13(11-7-16-9-17-8-11)6-10-4-2-3-5-12(10)14/h2-5,7-9,13,15H,6H2,1H3. The predicted molar refractivity (Wildman–Crippen MR) is 71.7 cm³/mol. The SMILES string of the molecule is CNC(Cc1ccccc1Br)c1cncnc1. The van der Waals surface area contributed by atoms with Gasteiger partial charge >= 0.3 is 0 Å². The summed E-state index contributed by atoms with van der Waals surface area (Å²) in [6.07, 6.45) is 6.16. The molecule has 0 aliphatic carbocycles. The minimum atomic E-state index is 0.231. The van der Waals surface area contributed by atoms with Gasteiger partial charge in [-0.05, 0) is 25.1 Å². The van der Waals surface area contributed by atoms with Gasteiger partial charge in [0.25, 0.3) is 0 Å². The average Bonchev–Trinajstić information content (AvgIpc) is 2.39. The Morgan fingerprint density at radius 3 is 2.59 bits per heavy atom. The van der Waals surface area contributed by atoms with E-state index in [1.54, 1.807) is 6.33 Å². The molecule has 1 unspecified atom stereocenters. The first kappa shape index (κ1) is 12.2. The van der Waals surface area contributed by atoms with Crippen LogP contribution in [0.2, 0.25) is 0 Å². The zero-order valence-electron chi connectivity index (χ0n) is 9.60. The topological polar surface area (TPSA) is 37.8 Å². The molecule has 0 saturated heterocycles. The molecule has 1 heterocycles. The third kappa shape index (κ3) is 3.11. The largest absolute Gasteiger partial charge is 0.313 e. The number of hydrogen-bond acceptors (Lipinski definition) is 3. The molecule has 0 fully saturated rings. The highest BCUT2D eigenvalue weighted by Gasteiger charge is 2.11. The van der Waals surface area contributed by atoms with Gasteiger partial charge in [-0.1, -0.05) is 34.1 Å². The Hall–Kier alpha value is -1.26. The molecule has 2 rings (SSSR count). The number of nitrogens with zero attached hydrogens (tertiary/aromatic N) is 2. The highest BCUT2D eigenvalue weighted by Crippen LogP contribution is 2.22. The Kier molecular flexibility index (Phi) is 4.23. The summed E-state index contributed by atoms with van der Waals surface area (Å²) in [7, 11) is 1.95. The van der Waals surface area contributed by atoms with Crippen molar-refractivity contribution in [2.24, 2.45) is 0 Å². The van der Waals surface area contributed by atoms with Gasteiger partial charge in [-0.3, -0.25) is 0 Å². The second-order valence-corrected chi connectivity index (χ2v) is 4.66. The van der Waals surface area contributed by atoms with E-state index in [0.717, 1.165) is 16.5 Å². The zero-order valence-corrected chi connectivity index (χ0v) is 11.2. The number of rotatable bonds is 4. The average molecular weight is 292 g/mol. The lowest BCUT2D eigenvalue weighted by Gasteiger charge is -2.16. The second kappa shape index (κ2) is 5.89. The molecule has 88 valence electrons. The molecule has 0 spiro atoms. The number of hydrogen-bond donors (Lipinski definition) is 1. The van der Waals surface area contributed by atoms with E-state index in [9.17, 15) is 0 Å². The van der Waals surface area contributed by atoms with Gasteiger partial charge in [-0.25, -0.2) is 9.97 Å². The van der Waals surface area contributed by atoms with Crippen LogP contribution < -0.4 is 5.32 Å². The van der Waals surface area contributed by atoms with Crippen LogP contribution in [0.1, 0.15) is 17.2 Å². The molecule has 0 bridgehead atoms. The fourth-order valence-electron chi connectivity index (χ4n) is 1.76. The molecule has 0 aliphatic rings. The van der Waals surface area contributed by atoms with Gasteiger partial charge in [0, 0.05) is 28.5 Å². The van der Waals surface area contributed by atoms with E-state index in [1.165, 1.54) is 5.56 Å². The predicted octanol–water partition coefficient (Wildman–Crippen LogP) is 2.74. The monoisotopic (exact) mass is 291 g/mol. The summed E-state index contributed by atoms with van der Waals surface area (Å²) in [4.78, 5) is 8.11. The summed E-state index contributed by atoms with van der Waals surface area (Å²) in [5.74, 6) is 0. The van der Waals surface area contributed by atoms with Gasteiger partial charge in [0.1, 0.15) is 6.33 Å². The van der Waals surface area contributed by atoms with Crippen LogP contribution in [0.3, 0.4) is 0 Å². The number of benzene rings is 1. The van der Waals surface area contributed by atoms with Gasteiger partial charge in [0.2, 0.25) is 0 Å². The minimum Gasteiger partial charge on any atom is -0.313 e. The lowest BCUT2D eigenvalue weighted by atomic mass is 10.0. The van der Waals surface area contributed by atoms with E-state index >= 15 is 0 Å². The Balaban J connectivity index is 2.19. The van der Waals surface area contributed by atoms with Crippen LogP contribution >= 0.6 is 15.9 Å². The van der Waals surface area contributed by atoms with Crippen molar-refractivity contribution in [2.45, 2.75) is 12.5 Å². The van der Waals surface area contributed by atoms with Gasteiger partial charge in [0.15, 0.2) is 0 Å². The first-order valence-electron chi connectivity index (χ1n) is 5.47. The number of aromatic nitrogens is 2. The Labute approximate surface area is 109 Å². The van der Waals surface area contributed by atoms with Gasteiger partial charge < -0.3 is 5.32 Å². The van der Waals surface area contributed by atoms with Crippen molar-refractivity contribution in [2.75, 3.05) is 7.05 Å². The van der Waals surface area contributed by atoms with Crippen molar-refractivity contribution in [3.63, 3.8) is 0 Å². The van der Waals surface area contributed by atoms with Crippen LogP contribution in [-0.4, -0.2) is 17.0 Å². The number of halogens is 1. The van der Waals surface area contributed by atoms with Gasteiger partial charge in [-0.15, -0.1) is 0 Å². The molecule has 1 aromatic heterocycles. The first-order valence-corrected chi connectivity index (χ1v) is 6.26. The number of likely N-dealkylation sites (N-methyl/N-ethyl adjacent to an activating group) is 1. The third-order valence-corrected chi connectivity index (χ3v) is 3.49. The molecule has 0 saturated carbocycles. The third-order valence-electron chi connectivity index (χ3n) is 2.71. The van der Waals surface area contributed by atoms with Crippen molar-refractivity contribution >= 4 is 15.9 Å². The maximum Gasteiger partial charge on any atom is 0.115 e. The normalized spacial score (nSPS) is 12.4. The molecule has 4 heteroatoms. The van der Waals surface area contributed by atoms with Crippen LogP contribution in [0.25, 0.3) is 0 Å². The maximum absolute atomic E-state index is 4.05. The molecule has 0 aliphatic heterocycles. The second-order valence-electron chi connectivity index (χ2n) is 3.81. The summed E-state index contributed by atoms with van der Waals surface area (Å²) in [6.45, 7) is 0. The smallest absolute Gasteiger partial charge is 0.115 e. The lowest BCUT2D eigenvalue weighted by molar-refractivity contribution is 0.586. The van der Waals surface area contributed by atoms with Crippen molar-refractivity contribution < 1.29 is 0 Å². The highest BCUT2D eigenvalue weighted by atomic mass is 79.9. The zero-order chi connectivity index (χ0) is 12.1. The van der Waals surface area contributed by atoms with Crippen LogP contribution in [0.15, 0.2) is 47.5 Å². The molecular weight excluding hydrogens is 278 g/mol. The van der Waals surface area contributed by atoms with Crippen molar-refractivity contribution in [1.82, 2.24) is 15.3 Å². The molecular formula is C13H14BrN3. The van der Waals surface area contributed by atoms with Crippen LogP contribution in [-0.2, 0) is 6.42 Å². The summed E-state index contributed by atoms with van der Waals surface area (Å²) in [6, 6.07) is 8.49. The molecule has 0 radical (unpaired) electrons. The molecule has 1 atom stereocenters. The summed E-state index contributed by atoms with van der Waals surface area (Å²) in [5.41, 5.74) is 2.38. The summed E-state index contributed by atoms with van der Waals surface area (Å²) < 4.78 is 1.14. The van der Waals surface area contributed by atoms with Gasteiger partial charge in [-0.2, -0.15) is 0 Å². The van der Waals surface area contributed by atoms with Crippen molar-refractivity contribution in [3.8, 4) is 0 Å². The quantitative estimate of drug-likeness (QED) is 0.941. The van der Waals surface area contributed by atoms with E-state index in [2.05, 4.69) is 43.3 Å². The fourth-order valence-corrected chi connectivity index (χ4v) is 2.21. The first-order chi connectivity index (χ1) is 8.31. The Morgan fingerprint density at radius 2 is 1.94 bits per heavy atom. The molecule has 17 heavy (non-hydrogen) atoms.